The molecule has 1 aromatic carbocycles. The zero-order valence-corrected chi connectivity index (χ0v) is 13.4. The smallest absolute Gasteiger partial charge is 0.191 e. The molecule has 1 aromatic rings. The fourth-order valence-electron chi connectivity index (χ4n) is 2.94. The van der Waals surface area contributed by atoms with E-state index in [1.54, 1.807) is 7.11 Å². The summed E-state index contributed by atoms with van der Waals surface area (Å²) in [7, 11) is 1.69. The van der Waals surface area contributed by atoms with Crippen LogP contribution < -0.4 is 20.1 Å². The number of aliphatic imine (C=N–C) groups is 1. The predicted octanol–water partition coefficient (Wildman–Crippen LogP) is 2.45. The van der Waals surface area contributed by atoms with E-state index in [4.69, 9.17) is 9.47 Å². The van der Waals surface area contributed by atoms with E-state index in [-0.39, 0.29) is 0 Å². The monoisotopic (exact) mass is 303 g/mol. The summed E-state index contributed by atoms with van der Waals surface area (Å²) < 4.78 is 11.5. The molecule has 2 aliphatic rings. The van der Waals surface area contributed by atoms with E-state index in [9.17, 15) is 0 Å². The molecular formula is C17H25N3O2. The van der Waals surface area contributed by atoms with Crippen molar-refractivity contribution in [3.05, 3.63) is 23.8 Å². The molecule has 0 spiro atoms. The van der Waals surface area contributed by atoms with Crippen molar-refractivity contribution in [2.45, 2.75) is 51.3 Å². The lowest BCUT2D eigenvalue weighted by atomic mass is 10.2. The molecule has 1 atom stereocenters. The minimum Gasteiger partial charge on any atom is -0.497 e. The molecular weight excluding hydrogens is 278 g/mol. The van der Waals surface area contributed by atoms with E-state index in [1.807, 2.05) is 12.1 Å². The Hall–Kier alpha value is -1.91. The number of hydrogen-bond donors (Lipinski definition) is 2. The van der Waals surface area contributed by atoms with Gasteiger partial charge < -0.3 is 20.1 Å². The van der Waals surface area contributed by atoms with Crippen LogP contribution in [0.5, 0.6) is 11.5 Å². The quantitative estimate of drug-likeness (QED) is 0.877. The maximum absolute atomic E-state index is 6.20. The second-order valence-electron chi connectivity index (χ2n) is 6.09. The molecule has 0 radical (unpaired) electrons. The number of nitrogens with zero attached hydrogens (tertiary/aromatic N) is 1. The summed E-state index contributed by atoms with van der Waals surface area (Å²) in [6, 6.07) is 6.44. The highest BCUT2D eigenvalue weighted by molar-refractivity contribution is 5.81. The van der Waals surface area contributed by atoms with Gasteiger partial charge in [-0.2, -0.15) is 0 Å². The Balaban J connectivity index is 1.68. The number of ether oxygens (including phenoxy) is 2. The van der Waals surface area contributed by atoms with Crippen molar-refractivity contribution >= 4 is 5.96 Å². The lowest BCUT2D eigenvalue weighted by Crippen LogP contribution is -2.37. The number of rotatable bonds is 5. The first-order valence-corrected chi connectivity index (χ1v) is 8.13. The van der Waals surface area contributed by atoms with Crippen LogP contribution in [0.2, 0.25) is 0 Å². The summed E-state index contributed by atoms with van der Waals surface area (Å²) in [5.74, 6) is 2.63. The van der Waals surface area contributed by atoms with E-state index >= 15 is 0 Å². The SMILES string of the molecule is COc1ccc(CNC2=NCC(C)N2)c(OC2CCCC2)c1. The van der Waals surface area contributed by atoms with Crippen molar-refractivity contribution in [1.29, 1.82) is 0 Å². The maximum Gasteiger partial charge on any atom is 0.191 e. The normalized spacial score (nSPS) is 21.4. The highest BCUT2D eigenvalue weighted by Crippen LogP contribution is 2.29. The average molecular weight is 303 g/mol. The summed E-state index contributed by atoms with van der Waals surface area (Å²) >= 11 is 0. The van der Waals surface area contributed by atoms with Gasteiger partial charge in [-0.1, -0.05) is 0 Å². The second kappa shape index (κ2) is 6.90. The van der Waals surface area contributed by atoms with Crippen molar-refractivity contribution in [3.63, 3.8) is 0 Å². The number of nitrogens with one attached hydrogen (secondary N) is 2. The number of guanidine groups is 1. The van der Waals surface area contributed by atoms with Crippen LogP contribution in [0.1, 0.15) is 38.2 Å². The molecule has 5 nitrogen and oxygen atoms in total. The highest BCUT2D eigenvalue weighted by atomic mass is 16.5. The van der Waals surface area contributed by atoms with Crippen molar-refractivity contribution in [2.75, 3.05) is 13.7 Å². The first-order valence-electron chi connectivity index (χ1n) is 8.13. The van der Waals surface area contributed by atoms with Crippen molar-refractivity contribution in [1.82, 2.24) is 10.6 Å². The zero-order chi connectivity index (χ0) is 15.4. The lowest BCUT2D eigenvalue weighted by Gasteiger charge is -2.18. The minimum absolute atomic E-state index is 0.341. The Bertz CT molecular complexity index is 539. The lowest BCUT2D eigenvalue weighted by molar-refractivity contribution is 0.207. The molecule has 0 saturated heterocycles. The molecule has 0 bridgehead atoms. The van der Waals surface area contributed by atoms with Crippen LogP contribution >= 0.6 is 0 Å². The van der Waals surface area contributed by atoms with Crippen LogP contribution in [0.3, 0.4) is 0 Å². The Kier molecular flexibility index (Phi) is 4.71. The van der Waals surface area contributed by atoms with Gasteiger partial charge in [-0.15, -0.1) is 0 Å². The standard InChI is InChI=1S/C17H25N3O2/c1-12-10-18-17(20-12)19-11-13-7-8-15(21-2)9-16(13)22-14-5-3-4-6-14/h7-9,12,14H,3-6,10-11H2,1-2H3,(H2,18,19,20). The van der Waals surface area contributed by atoms with Crippen LogP contribution in [0.4, 0.5) is 0 Å². The van der Waals surface area contributed by atoms with Crippen LogP contribution in [0.25, 0.3) is 0 Å². The summed E-state index contributed by atoms with van der Waals surface area (Å²) in [4.78, 5) is 4.43. The van der Waals surface area contributed by atoms with Gasteiger partial charge in [-0.05, 0) is 44.7 Å². The van der Waals surface area contributed by atoms with E-state index in [1.165, 1.54) is 12.8 Å². The zero-order valence-electron chi connectivity index (χ0n) is 13.4. The number of benzene rings is 1. The third kappa shape index (κ3) is 3.64. The van der Waals surface area contributed by atoms with Gasteiger partial charge in [0.1, 0.15) is 11.5 Å². The highest BCUT2D eigenvalue weighted by Gasteiger charge is 2.19. The van der Waals surface area contributed by atoms with Crippen molar-refractivity contribution in [3.8, 4) is 11.5 Å². The summed E-state index contributed by atoms with van der Waals surface area (Å²) in [6.07, 6.45) is 5.17. The Morgan fingerprint density at radius 1 is 1.32 bits per heavy atom. The van der Waals surface area contributed by atoms with E-state index in [2.05, 4.69) is 28.6 Å². The van der Waals surface area contributed by atoms with E-state index in [0.29, 0.717) is 18.7 Å². The van der Waals surface area contributed by atoms with Gasteiger partial charge in [0.2, 0.25) is 0 Å². The minimum atomic E-state index is 0.341. The van der Waals surface area contributed by atoms with Gasteiger partial charge in [0.15, 0.2) is 5.96 Å². The predicted molar refractivity (Wildman–Crippen MR) is 87.6 cm³/mol. The van der Waals surface area contributed by atoms with Gasteiger partial charge in [-0.25, -0.2) is 0 Å². The molecule has 1 aliphatic carbocycles. The molecule has 1 fully saturated rings. The van der Waals surface area contributed by atoms with E-state index in [0.717, 1.165) is 42.4 Å². The van der Waals surface area contributed by atoms with Crippen LogP contribution in [0.15, 0.2) is 23.2 Å². The number of methoxy groups -OCH3 is 1. The van der Waals surface area contributed by atoms with Gasteiger partial charge >= 0.3 is 0 Å². The first-order chi connectivity index (χ1) is 10.7. The fourth-order valence-corrected chi connectivity index (χ4v) is 2.94. The third-order valence-corrected chi connectivity index (χ3v) is 4.22. The fraction of sp³-hybridized carbons (Fsp3) is 0.588. The molecule has 120 valence electrons. The molecule has 1 unspecified atom stereocenters. The largest absolute Gasteiger partial charge is 0.497 e. The first kappa shape index (κ1) is 15.0. The Labute approximate surface area is 132 Å². The Morgan fingerprint density at radius 3 is 2.82 bits per heavy atom. The summed E-state index contributed by atoms with van der Waals surface area (Å²) in [6.45, 7) is 3.65. The van der Waals surface area contributed by atoms with Crippen molar-refractivity contribution < 1.29 is 9.47 Å². The molecule has 2 N–H and O–H groups in total. The molecule has 1 aliphatic heterocycles. The van der Waals surface area contributed by atoms with Crippen LogP contribution in [0, 0.1) is 0 Å². The topological polar surface area (TPSA) is 54.9 Å². The third-order valence-electron chi connectivity index (χ3n) is 4.22. The summed E-state index contributed by atoms with van der Waals surface area (Å²) in [5, 5.41) is 6.66. The van der Waals surface area contributed by atoms with Gasteiger partial charge in [0.05, 0.1) is 19.8 Å². The van der Waals surface area contributed by atoms with E-state index < -0.39 is 0 Å². The maximum atomic E-state index is 6.20. The van der Waals surface area contributed by atoms with Gasteiger partial charge in [0.25, 0.3) is 0 Å². The molecule has 5 heteroatoms. The molecule has 3 rings (SSSR count). The summed E-state index contributed by atoms with van der Waals surface area (Å²) in [5.41, 5.74) is 1.14. The molecule has 0 amide bonds. The average Bonchev–Trinajstić information content (AvgIpc) is 3.17. The number of hydrogen-bond acceptors (Lipinski definition) is 5. The van der Waals surface area contributed by atoms with Crippen LogP contribution in [-0.2, 0) is 6.54 Å². The molecule has 0 aromatic heterocycles. The Morgan fingerprint density at radius 2 is 2.14 bits per heavy atom. The van der Waals surface area contributed by atoms with Gasteiger partial charge in [0, 0.05) is 24.2 Å². The van der Waals surface area contributed by atoms with Crippen LogP contribution in [-0.4, -0.2) is 31.8 Å². The second-order valence-corrected chi connectivity index (χ2v) is 6.09. The molecule has 1 saturated carbocycles. The molecule has 22 heavy (non-hydrogen) atoms. The van der Waals surface area contributed by atoms with Crippen molar-refractivity contribution in [2.24, 2.45) is 4.99 Å². The van der Waals surface area contributed by atoms with Gasteiger partial charge in [-0.3, -0.25) is 4.99 Å². The molecule has 1 heterocycles.